The molecule has 0 amide bonds. The second-order valence-corrected chi connectivity index (χ2v) is 9.31. The molecule has 1 saturated heterocycles. The molecule has 0 saturated carbocycles. The molecule has 0 radical (unpaired) electrons. The van der Waals surface area contributed by atoms with Crippen LogP contribution in [0.2, 0.25) is 0 Å². The van der Waals surface area contributed by atoms with E-state index in [1.54, 1.807) is 43.9 Å². The zero-order valence-electron chi connectivity index (χ0n) is 14.9. The maximum Gasteiger partial charge on any atom is 0.508 e. The summed E-state index contributed by atoms with van der Waals surface area (Å²) in [5.74, 6) is 0.189. The molecular weight excluding hydrogens is 374 g/mol. The number of rotatable bonds is 5. The summed E-state index contributed by atoms with van der Waals surface area (Å²) in [5.41, 5.74) is 0.403. The summed E-state index contributed by atoms with van der Waals surface area (Å²) in [7, 11) is 0. The van der Waals surface area contributed by atoms with Crippen molar-refractivity contribution >= 4 is 45.4 Å². The van der Waals surface area contributed by atoms with Crippen LogP contribution >= 0.6 is 23.1 Å². The van der Waals surface area contributed by atoms with Gasteiger partial charge in [0.1, 0.15) is 17.8 Å². The molecule has 1 fully saturated rings. The molecule has 2 aromatic rings. The minimum atomic E-state index is -0.736. The Bertz CT molecular complexity index is 765. The average molecular weight is 396 g/mol. The van der Waals surface area contributed by atoms with Crippen LogP contribution in [0.5, 0.6) is 0 Å². The predicted octanol–water partition coefficient (Wildman–Crippen LogP) is 4.41. The average Bonchev–Trinajstić information content (AvgIpc) is 2.93. The highest BCUT2D eigenvalue weighted by molar-refractivity contribution is 8.01. The highest BCUT2D eigenvalue weighted by atomic mass is 32.2. The molecule has 0 aliphatic carbocycles. The fourth-order valence-electron chi connectivity index (χ4n) is 2.56. The zero-order chi connectivity index (χ0) is 18.7. The quantitative estimate of drug-likeness (QED) is 0.548. The smallest absolute Gasteiger partial charge is 0.460 e. The Kier molecular flexibility index (Phi) is 5.72. The summed E-state index contributed by atoms with van der Waals surface area (Å²) in [6, 6.07) is 7.94. The number of para-hydroxylation sites is 1. The first-order valence-electron chi connectivity index (χ1n) is 8.36. The molecule has 0 spiro atoms. The summed E-state index contributed by atoms with van der Waals surface area (Å²) in [5, 5.41) is 0. The lowest BCUT2D eigenvalue weighted by Crippen LogP contribution is -2.38. The van der Waals surface area contributed by atoms with Crippen molar-refractivity contribution in [1.82, 2.24) is 4.98 Å². The second-order valence-electron chi connectivity index (χ2n) is 7.01. The number of thioether (sulfide) groups is 1. The van der Waals surface area contributed by atoms with Crippen LogP contribution in [-0.2, 0) is 19.0 Å². The van der Waals surface area contributed by atoms with Crippen LogP contribution in [0.25, 0.3) is 10.2 Å². The third kappa shape index (κ3) is 5.35. The van der Waals surface area contributed by atoms with E-state index in [1.165, 1.54) is 0 Å². The van der Waals surface area contributed by atoms with E-state index in [-0.39, 0.29) is 18.5 Å². The van der Waals surface area contributed by atoms with Crippen LogP contribution in [-0.4, -0.2) is 40.7 Å². The number of cyclic esters (lactones) is 2. The topological polar surface area (TPSA) is 74.7 Å². The Morgan fingerprint density at radius 2 is 2.04 bits per heavy atom. The van der Waals surface area contributed by atoms with Gasteiger partial charge in [-0.15, -0.1) is 11.3 Å². The van der Waals surface area contributed by atoms with Crippen LogP contribution in [0.1, 0.15) is 33.6 Å². The number of carbonyl (C=O) groups excluding carboxylic acids is 2. The molecule has 140 valence electrons. The van der Waals surface area contributed by atoms with Gasteiger partial charge in [-0.1, -0.05) is 23.9 Å². The summed E-state index contributed by atoms with van der Waals surface area (Å²) >= 11 is 3.15. The van der Waals surface area contributed by atoms with Gasteiger partial charge in [-0.3, -0.25) is 4.79 Å². The van der Waals surface area contributed by atoms with Crippen LogP contribution in [0.15, 0.2) is 28.6 Å². The summed E-state index contributed by atoms with van der Waals surface area (Å²) in [6.45, 7) is 5.41. The summed E-state index contributed by atoms with van der Waals surface area (Å²) in [6.07, 6.45) is -1.08. The maximum absolute atomic E-state index is 12.0. The molecular formula is C18H21NO5S2. The van der Waals surface area contributed by atoms with Gasteiger partial charge in [-0.25, -0.2) is 9.78 Å². The highest BCUT2D eigenvalue weighted by Gasteiger charge is 2.33. The van der Waals surface area contributed by atoms with Gasteiger partial charge in [0.25, 0.3) is 0 Å². The molecule has 3 rings (SSSR count). The standard InChI is InChI=1S/C18H21NO5S2/c1-18(2,3)24-15(20)9-11-8-12(23-17(21)22-11)10-25-16-19-13-6-4-5-7-14(13)26-16/h4-7,11-12H,8-10H2,1-3H3/t11-,12+/m1/s1. The van der Waals surface area contributed by atoms with Crippen molar-refractivity contribution in [2.75, 3.05) is 5.75 Å². The normalized spacial score (nSPS) is 20.5. The SMILES string of the molecule is CC(C)(C)OC(=O)C[C@H]1C[C@@H](CSc2nc3ccccc3s2)OC(=O)O1. The van der Waals surface area contributed by atoms with Gasteiger partial charge in [-0.05, 0) is 32.9 Å². The van der Waals surface area contributed by atoms with Gasteiger partial charge >= 0.3 is 12.1 Å². The number of aromatic nitrogens is 1. The molecule has 1 aromatic heterocycles. The molecule has 8 heteroatoms. The number of esters is 1. The van der Waals surface area contributed by atoms with Crippen molar-refractivity contribution in [2.24, 2.45) is 0 Å². The van der Waals surface area contributed by atoms with Gasteiger partial charge in [0.05, 0.1) is 16.6 Å². The van der Waals surface area contributed by atoms with Crippen molar-refractivity contribution in [1.29, 1.82) is 0 Å². The third-order valence-electron chi connectivity index (χ3n) is 3.53. The Morgan fingerprint density at radius 1 is 1.31 bits per heavy atom. The van der Waals surface area contributed by atoms with Crippen molar-refractivity contribution in [3.63, 3.8) is 0 Å². The highest BCUT2D eigenvalue weighted by Crippen LogP contribution is 2.31. The van der Waals surface area contributed by atoms with Gasteiger partial charge in [0.15, 0.2) is 4.34 Å². The minimum absolute atomic E-state index is 0.0364. The number of thiazole rings is 1. The van der Waals surface area contributed by atoms with Crippen LogP contribution in [0.4, 0.5) is 4.79 Å². The van der Waals surface area contributed by atoms with E-state index < -0.39 is 17.9 Å². The zero-order valence-corrected chi connectivity index (χ0v) is 16.5. The molecule has 6 nitrogen and oxygen atoms in total. The number of hydrogen-bond donors (Lipinski definition) is 0. The molecule has 2 atom stereocenters. The van der Waals surface area contributed by atoms with E-state index >= 15 is 0 Å². The van der Waals surface area contributed by atoms with Gasteiger partial charge in [-0.2, -0.15) is 0 Å². The number of fused-ring (bicyclic) bond motifs is 1. The first-order chi connectivity index (χ1) is 12.3. The largest absolute Gasteiger partial charge is 0.508 e. The fraction of sp³-hybridized carbons (Fsp3) is 0.500. The fourth-order valence-corrected chi connectivity index (χ4v) is 4.66. The van der Waals surface area contributed by atoms with E-state index in [0.717, 1.165) is 14.6 Å². The molecule has 2 heterocycles. The first kappa shape index (κ1) is 19.0. The molecule has 1 aliphatic heterocycles. The van der Waals surface area contributed by atoms with Crippen molar-refractivity contribution in [2.45, 2.75) is 55.8 Å². The van der Waals surface area contributed by atoms with E-state index in [0.29, 0.717) is 12.2 Å². The number of nitrogens with zero attached hydrogens (tertiary/aromatic N) is 1. The molecule has 1 aromatic carbocycles. The van der Waals surface area contributed by atoms with E-state index in [2.05, 4.69) is 4.98 Å². The Balaban J connectivity index is 1.54. The van der Waals surface area contributed by atoms with Gasteiger partial charge in [0, 0.05) is 12.2 Å². The minimum Gasteiger partial charge on any atom is -0.460 e. The molecule has 1 aliphatic rings. The number of ether oxygens (including phenoxy) is 3. The van der Waals surface area contributed by atoms with Gasteiger partial charge < -0.3 is 14.2 Å². The van der Waals surface area contributed by atoms with Crippen molar-refractivity contribution in [3.05, 3.63) is 24.3 Å². The van der Waals surface area contributed by atoms with Crippen LogP contribution in [0, 0.1) is 0 Å². The number of benzene rings is 1. The summed E-state index contributed by atoms with van der Waals surface area (Å²) in [4.78, 5) is 28.2. The molecule has 0 N–H and O–H groups in total. The summed E-state index contributed by atoms with van der Waals surface area (Å²) < 4.78 is 17.7. The Morgan fingerprint density at radius 3 is 2.77 bits per heavy atom. The Hall–Kier alpha value is -1.80. The van der Waals surface area contributed by atoms with Crippen LogP contribution in [0.3, 0.4) is 0 Å². The molecule has 0 bridgehead atoms. The van der Waals surface area contributed by atoms with Crippen molar-refractivity contribution < 1.29 is 23.8 Å². The van der Waals surface area contributed by atoms with Crippen molar-refractivity contribution in [3.8, 4) is 0 Å². The number of carbonyl (C=O) groups is 2. The maximum atomic E-state index is 12.0. The predicted molar refractivity (Wildman–Crippen MR) is 101 cm³/mol. The monoisotopic (exact) mass is 395 g/mol. The Labute approximate surface area is 160 Å². The third-order valence-corrected chi connectivity index (χ3v) is 5.84. The lowest BCUT2D eigenvalue weighted by molar-refractivity contribution is -0.159. The lowest BCUT2D eigenvalue weighted by atomic mass is 10.1. The van der Waals surface area contributed by atoms with E-state index in [9.17, 15) is 9.59 Å². The molecule has 26 heavy (non-hydrogen) atoms. The van der Waals surface area contributed by atoms with E-state index in [1.807, 2.05) is 24.3 Å². The van der Waals surface area contributed by atoms with Crippen LogP contribution < -0.4 is 0 Å². The second kappa shape index (κ2) is 7.84. The van der Waals surface area contributed by atoms with E-state index in [4.69, 9.17) is 14.2 Å². The lowest BCUT2D eigenvalue weighted by Gasteiger charge is -2.29. The number of hydrogen-bond acceptors (Lipinski definition) is 8. The van der Waals surface area contributed by atoms with Gasteiger partial charge in [0.2, 0.25) is 0 Å². The molecule has 0 unspecified atom stereocenters. The first-order valence-corrected chi connectivity index (χ1v) is 10.2.